The Bertz CT molecular complexity index is 451. The molecule has 0 spiro atoms. The molecule has 3 nitrogen and oxygen atoms in total. The monoisotopic (exact) mass is 309 g/mol. The first-order chi connectivity index (χ1) is 9.99. The lowest BCUT2D eigenvalue weighted by molar-refractivity contribution is -0.137. The van der Waals surface area contributed by atoms with E-state index in [4.69, 9.17) is 4.74 Å². The number of thioether (sulfide) groups is 1. The number of rotatable bonds is 8. The minimum absolute atomic E-state index is 0.161. The molecule has 0 aliphatic heterocycles. The van der Waals surface area contributed by atoms with Crippen LogP contribution in [0.5, 0.6) is 0 Å². The van der Waals surface area contributed by atoms with Gasteiger partial charge in [-0.15, -0.1) is 11.8 Å². The van der Waals surface area contributed by atoms with Crippen molar-refractivity contribution >= 4 is 17.7 Å². The minimum atomic E-state index is -0.161. The van der Waals surface area contributed by atoms with Crippen LogP contribution in [0.3, 0.4) is 0 Å². The predicted octanol–water partition coefficient (Wildman–Crippen LogP) is 3.56. The lowest BCUT2D eigenvalue weighted by Gasteiger charge is -2.23. The van der Waals surface area contributed by atoms with Crippen molar-refractivity contribution in [2.45, 2.75) is 40.2 Å². The normalized spacial score (nSPS) is 12.2. The van der Waals surface area contributed by atoms with Crippen LogP contribution in [0.2, 0.25) is 0 Å². The summed E-state index contributed by atoms with van der Waals surface area (Å²) in [5, 5.41) is 3.61. The van der Waals surface area contributed by atoms with E-state index in [1.807, 2.05) is 0 Å². The van der Waals surface area contributed by atoms with E-state index in [0.29, 0.717) is 5.75 Å². The van der Waals surface area contributed by atoms with Crippen LogP contribution in [0.1, 0.15) is 41.6 Å². The molecule has 0 saturated carbocycles. The van der Waals surface area contributed by atoms with Crippen LogP contribution in [-0.2, 0) is 9.53 Å². The van der Waals surface area contributed by atoms with Crippen LogP contribution in [0.25, 0.3) is 0 Å². The first-order valence-electron chi connectivity index (χ1n) is 7.45. The van der Waals surface area contributed by atoms with Crippen molar-refractivity contribution in [1.82, 2.24) is 5.32 Å². The summed E-state index contributed by atoms with van der Waals surface area (Å²) in [4.78, 5) is 11.3. The van der Waals surface area contributed by atoms with Gasteiger partial charge in [-0.3, -0.25) is 4.79 Å². The molecule has 0 saturated heterocycles. The van der Waals surface area contributed by atoms with E-state index in [0.717, 1.165) is 18.7 Å². The standard InChI is InChI=1S/C17H27NO2S/c1-6-7-18-15(10-21-11-16(19)20-5)17-13(3)8-12(2)9-14(17)4/h8-9,15,18H,6-7,10-11H2,1-5H3. The maximum Gasteiger partial charge on any atom is 0.315 e. The molecule has 1 atom stereocenters. The van der Waals surface area contributed by atoms with E-state index in [1.165, 1.54) is 29.4 Å². The molecule has 0 aromatic heterocycles. The largest absolute Gasteiger partial charge is 0.468 e. The Morgan fingerprint density at radius 2 is 1.90 bits per heavy atom. The fourth-order valence-corrected chi connectivity index (χ4v) is 3.55. The molecule has 4 heteroatoms. The Labute approximate surface area is 132 Å². The Hall–Kier alpha value is -1.00. The predicted molar refractivity (Wildman–Crippen MR) is 91.0 cm³/mol. The van der Waals surface area contributed by atoms with Gasteiger partial charge in [0, 0.05) is 11.8 Å². The van der Waals surface area contributed by atoms with Gasteiger partial charge in [0.15, 0.2) is 0 Å². The highest BCUT2D eigenvalue weighted by molar-refractivity contribution is 7.99. The molecule has 1 rings (SSSR count). The number of esters is 1. The number of nitrogens with one attached hydrogen (secondary N) is 1. The van der Waals surface area contributed by atoms with Gasteiger partial charge in [-0.05, 0) is 50.4 Å². The molecule has 21 heavy (non-hydrogen) atoms. The lowest BCUT2D eigenvalue weighted by Crippen LogP contribution is -2.26. The summed E-state index contributed by atoms with van der Waals surface area (Å²) in [6, 6.07) is 4.74. The molecule has 0 heterocycles. The molecule has 1 aromatic carbocycles. The molecule has 1 aromatic rings. The smallest absolute Gasteiger partial charge is 0.315 e. The summed E-state index contributed by atoms with van der Waals surface area (Å²) >= 11 is 1.62. The number of carbonyl (C=O) groups excluding carboxylic acids is 1. The number of ether oxygens (including phenoxy) is 1. The summed E-state index contributed by atoms with van der Waals surface area (Å²) < 4.78 is 4.70. The quantitative estimate of drug-likeness (QED) is 0.745. The number of aryl methyl sites for hydroxylation is 3. The molecule has 118 valence electrons. The average Bonchev–Trinajstić information content (AvgIpc) is 2.42. The number of benzene rings is 1. The van der Waals surface area contributed by atoms with Crippen molar-refractivity contribution in [3.63, 3.8) is 0 Å². The molecule has 0 amide bonds. The zero-order chi connectivity index (χ0) is 15.8. The van der Waals surface area contributed by atoms with E-state index in [-0.39, 0.29) is 12.0 Å². The molecule has 0 bridgehead atoms. The summed E-state index contributed by atoms with van der Waals surface area (Å²) in [5.41, 5.74) is 5.30. The second-order valence-electron chi connectivity index (χ2n) is 5.41. The lowest BCUT2D eigenvalue weighted by atomic mass is 9.95. The Morgan fingerprint density at radius 3 is 2.43 bits per heavy atom. The van der Waals surface area contributed by atoms with E-state index >= 15 is 0 Å². The topological polar surface area (TPSA) is 38.3 Å². The van der Waals surface area contributed by atoms with Gasteiger partial charge in [-0.1, -0.05) is 24.6 Å². The van der Waals surface area contributed by atoms with Crippen molar-refractivity contribution in [3.8, 4) is 0 Å². The van der Waals surface area contributed by atoms with Crippen LogP contribution >= 0.6 is 11.8 Å². The fourth-order valence-electron chi connectivity index (χ4n) is 2.62. The van der Waals surface area contributed by atoms with Gasteiger partial charge in [0.1, 0.15) is 0 Å². The van der Waals surface area contributed by atoms with Gasteiger partial charge in [-0.25, -0.2) is 0 Å². The molecule has 1 unspecified atom stereocenters. The maximum absolute atomic E-state index is 11.3. The SMILES string of the molecule is CCCNC(CSCC(=O)OC)c1c(C)cc(C)cc1C. The second kappa shape index (κ2) is 9.11. The molecule has 1 N–H and O–H groups in total. The van der Waals surface area contributed by atoms with E-state index < -0.39 is 0 Å². The summed E-state index contributed by atoms with van der Waals surface area (Å²) in [7, 11) is 1.43. The van der Waals surface area contributed by atoms with E-state index in [1.54, 1.807) is 11.8 Å². The van der Waals surface area contributed by atoms with Gasteiger partial charge in [0.25, 0.3) is 0 Å². The second-order valence-corrected chi connectivity index (χ2v) is 6.44. The molecule has 0 fully saturated rings. The highest BCUT2D eigenvalue weighted by atomic mass is 32.2. The van der Waals surface area contributed by atoms with Gasteiger partial charge in [0.2, 0.25) is 0 Å². The first kappa shape index (κ1) is 18.1. The third kappa shape index (κ3) is 5.71. The van der Waals surface area contributed by atoms with Gasteiger partial charge in [0.05, 0.1) is 12.9 Å². The first-order valence-corrected chi connectivity index (χ1v) is 8.60. The summed E-state index contributed by atoms with van der Waals surface area (Å²) in [5.74, 6) is 1.12. The average molecular weight is 309 g/mol. The molecule has 0 aliphatic rings. The van der Waals surface area contributed by atoms with Crippen molar-refractivity contribution in [2.24, 2.45) is 0 Å². The van der Waals surface area contributed by atoms with Gasteiger partial charge in [-0.2, -0.15) is 0 Å². The van der Waals surface area contributed by atoms with Gasteiger partial charge >= 0.3 is 5.97 Å². The minimum Gasteiger partial charge on any atom is -0.468 e. The third-order valence-corrected chi connectivity index (χ3v) is 4.47. The van der Waals surface area contributed by atoms with Crippen molar-refractivity contribution in [2.75, 3.05) is 25.2 Å². The molecular weight excluding hydrogens is 282 g/mol. The molecule has 0 radical (unpaired) electrons. The number of hydrogen-bond donors (Lipinski definition) is 1. The zero-order valence-corrected chi connectivity index (χ0v) is 14.6. The Balaban J connectivity index is 2.84. The van der Waals surface area contributed by atoms with Crippen LogP contribution in [0.4, 0.5) is 0 Å². The fraction of sp³-hybridized carbons (Fsp3) is 0.588. The highest BCUT2D eigenvalue weighted by Crippen LogP contribution is 2.26. The Kier molecular flexibility index (Phi) is 7.83. The van der Waals surface area contributed by atoms with Gasteiger partial charge < -0.3 is 10.1 Å². The molecular formula is C17H27NO2S. The number of carbonyl (C=O) groups is 1. The van der Waals surface area contributed by atoms with Crippen LogP contribution in [-0.4, -0.2) is 31.1 Å². The maximum atomic E-state index is 11.3. The summed E-state index contributed by atoms with van der Waals surface area (Å²) in [6.45, 7) is 9.61. The number of methoxy groups -OCH3 is 1. The van der Waals surface area contributed by atoms with E-state index in [9.17, 15) is 4.79 Å². The summed E-state index contributed by atoms with van der Waals surface area (Å²) in [6.07, 6.45) is 1.10. The van der Waals surface area contributed by atoms with Crippen molar-refractivity contribution < 1.29 is 9.53 Å². The Morgan fingerprint density at radius 1 is 1.29 bits per heavy atom. The highest BCUT2D eigenvalue weighted by Gasteiger charge is 2.16. The van der Waals surface area contributed by atoms with Crippen LogP contribution in [0.15, 0.2) is 12.1 Å². The van der Waals surface area contributed by atoms with Crippen molar-refractivity contribution in [1.29, 1.82) is 0 Å². The number of hydrogen-bond acceptors (Lipinski definition) is 4. The third-order valence-electron chi connectivity index (χ3n) is 3.46. The van der Waals surface area contributed by atoms with Crippen LogP contribution in [0, 0.1) is 20.8 Å². The van der Waals surface area contributed by atoms with E-state index in [2.05, 4.69) is 45.1 Å². The van der Waals surface area contributed by atoms with Crippen molar-refractivity contribution in [3.05, 3.63) is 34.4 Å². The zero-order valence-electron chi connectivity index (χ0n) is 13.8. The molecule has 0 aliphatic carbocycles. The van der Waals surface area contributed by atoms with Crippen LogP contribution < -0.4 is 5.32 Å².